The lowest BCUT2D eigenvalue weighted by Crippen LogP contribution is -2.47. The van der Waals surface area contributed by atoms with Crippen LogP contribution in [0, 0.1) is 17.2 Å². The number of nitrogens with zero attached hydrogens (tertiary/aromatic N) is 6. The molecule has 1 saturated heterocycles. The van der Waals surface area contributed by atoms with Crippen molar-refractivity contribution in [3.8, 4) is 6.07 Å². The number of piperazine rings is 1. The standard InChI is InChI=1S/C18H19N7O/c19-11-15-17(21-6-5-20-15)25-9-7-24(8-10-25)14-3-4-16(22-12-14)23-18(26)13-1-2-13/h3-6,12-13H,1-2,7-10H2,(H,22,23,26). The second-order valence-corrected chi connectivity index (χ2v) is 6.48. The van der Waals surface area contributed by atoms with Crippen LogP contribution in [0.15, 0.2) is 30.7 Å². The maximum Gasteiger partial charge on any atom is 0.228 e. The van der Waals surface area contributed by atoms with E-state index in [0.717, 1.165) is 44.7 Å². The Morgan fingerprint density at radius 2 is 1.81 bits per heavy atom. The first kappa shape index (κ1) is 16.3. The molecule has 2 aromatic rings. The number of hydrogen-bond acceptors (Lipinski definition) is 7. The summed E-state index contributed by atoms with van der Waals surface area (Å²) in [5.41, 5.74) is 1.38. The Kier molecular flexibility index (Phi) is 4.35. The van der Waals surface area contributed by atoms with Crippen LogP contribution in [0.4, 0.5) is 17.3 Å². The fraction of sp³-hybridized carbons (Fsp3) is 0.389. The van der Waals surface area contributed by atoms with Crippen molar-refractivity contribution in [1.29, 1.82) is 5.26 Å². The number of amides is 1. The van der Waals surface area contributed by atoms with Crippen LogP contribution in [0.25, 0.3) is 0 Å². The zero-order valence-corrected chi connectivity index (χ0v) is 14.3. The summed E-state index contributed by atoms with van der Waals surface area (Å²) in [5, 5.41) is 12.0. The predicted octanol–water partition coefficient (Wildman–Crippen LogP) is 1.42. The van der Waals surface area contributed by atoms with E-state index in [9.17, 15) is 10.1 Å². The molecule has 8 nitrogen and oxygen atoms in total. The van der Waals surface area contributed by atoms with E-state index in [4.69, 9.17) is 0 Å². The summed E-state index contributed by atoms with van der Waals surface area (Å²) in [6.45, 7) is 3.12. The molecule has 132 valence electrons. The fourth-order valence-electron chi connectivity index (χ4n) is 3.04. The fourth-order valence-corrected chi connectivity index (χ4v) is 3.04. The molecule has 3 heterocycles. The highest BCUT2D eigenvalue weighted by Gasteiger charge is 2.29. The van der Waals surface area contributed by atoms with Crippen molar-refractivity contribution in [2.24, 2.45) is 5.92 Å². The minimum atomic E-state index is 0.0659. The molecule has 0 aromatic carbocycles. The minimum Gasteiger partial charge on any atom is -0.367 e. The van der Waals surface area contributed by atoms with Gasteiger partial charge in [-0.1, -0.05) is 0 Å². The van der Waals surface area contributed by atoms with Gasteiger partial charge in [0, 0.05) is 44.5 Å². The molecule has 0 spiro atoms. The Balaban J connectivity index is 1.37. The first-order valence-corrected chi connectivity index (χ1v) is 8.72. The van der Waals surface area contributed by atoms with Gasteiger partial charge in [-0.2, -0.15) is 5.26 Å². The van der Waals surface area contributed by atoms with Gasteiger partial charge in [0.15, 0.2) is 11.5 Å². The molecule has 2 aliphatic rings. The van der Waals surface area contributed by atoms with Gasteiger partial charge < -0.3 is 15.1 Å². The molecular weight excluding hydrogens is 330 g/mol. The summed E-state index contributed by atoms with van der Waals surface area (Å²) in [4.78, 5) is 28.8. The molecular formula is C18H19N7O. The molecule has 8 heteroatoms. The highest BCUT2D eigenvalue weighted by atomic mass is 16.2. The summed E-state index contributed by atoms with van der Waals surface area (Å²) in [5.74, 6) is 1.48. The van der Waals surface area contributed by atoms with Crippen LogP contribution in [0.3, 0.4) is 0 Å². The predicted molar refractivity (Wildman–Crippen MR) is 96.8 cm³/mol. The van der Waals surface area contributed by atoms with E-state index in [1.165, 1.54) is 6.20 Å². The lowest BCUT2D eigenvalue weighted by atomic mass is 10.2. The van der Waals surface area contributed by atoms with Gasteiger partial charge in [0.2, 0.25) is 5.91 Å². The average molecular weight is 349 g/mol. The van der Waals surface area contributed by atoms with Crippen molar-refractivity contribution in [3.63, 3.8) is 0 Å². The molecule has 4 rings (SSSR count). The van der Waals surface area contributed by atoms with Crippen LogP contribution in [0.1, 0.15) is 18.5 Å². The molecule has 0 radical (unpaired) electrons. The van der Waals surface area contributed by atoms with Crippen LogP contribution in [-0.2, 0) is 4.79 Å². The second-order valence-electron chi connectivity index (χ2n) is 6.48. The molecule has 26 heavy (non-hydrogen) atoms. The van der Waals surface area contributed by atoms with Crippen LogP contribution in [0.5, 0.6) is 0 Å². The number of nitrogens with one attached hydrogen (secondary N) is 1. The van der Waals surface area contributed by atoms with E-state index in [2.05, 4.69) is 36.1 Å². The third-order valence-corrected chi connectivity index (χ3v) is 4.68. The Labute approximate surface area is 151 Å². The second kappa shape index (κ2) is 6.96. The van der Waals surface area contributed by atoms with E-state index in [1.54, 1.807) is 12.4 Å². The summed E-state index contributed by atoms with van der Waals surface area (Å²) in [6.07, 6.45) is 6.90. The van der Waals surface area contributed by atoms with Gasteiger partial charge in [-0.15, -0.1) is 0 Å². The summed E-state index contributed by atoms with van der Waals surface area (Å²) >= 11 is 0. The molecule has 2 fully saturated rings. The van der Waals surface area contributed by atoms with Crippen LogP contribution in [0.2, 0.25) is 0 Å². The van der Waals surface area contributed by atoms with Gasteiger partial charge in [-0.05, 0) is 25.0 Å². The molecule has 1 aliphatic carbocycles. The van der Waals surface area contributed by atoms with Crippen LogP contribution >= 0.6 is 0 Å². The Morgan fingerprint density at radius 3 is 2.46 bits per heavy atom. The van der Waals surface area contributed by atoms with Gasteiger partial charge in [-0.3, -0.25) is 4.79 Å². The van der Waals surface area contributed by atoms with Crippen molar-refractivity contribution in [2.45, 2.75) is 12.8 Å². The zero-order chi connectivity index (χ0) is 17.9. The monoisotopic (exact) mass is 349 g/mol. The molecule has 1 N–H and O–H groups in total. The molecule has 0 bridgehead atoms. The first-order chi connectivity index (χ1) is 12.7. The largest absolute Gasteiger partial charge is 0.367 e. The average Bonchev–Trinajstić information content (AvgIpc) is 3.54. The van der Waals surface area contributed by atoms with Crippen molar-refractivity contribution in [1.82, 2.24) is 15.0 Å². The number of carbonyl (C=O) groups excluding carboxylic acids is 1. The summed E-state index contributed by atoms with van der Waals surface area (Å²) < 4.78 is 0. The normalized spacial score (nSPS) is 16.9. The molecule has 1 saturated carbocycles. The number of carbonyl (C=O) groups is 1. The third-order valence-electron chi connectivity index (χ3n) is 4.68. The molecule has 1 aliphatic heterocycles. The highest BCUT2D eigenvalue weighted by molar-refractivity contribution is 5.93. The Hall–Kier alpha value is -3.21. The van der Waals surface area contributed by atoms with Gasteiger partial charge in [0.1, 0.15) is 11.9 Å². The van der Waals surface area contributed by atoms with Gasteiger partial charge in [0.25, 0.3) is 0 Å². The minimum absolute atomic E-state index is 0.0659. The third kappa shape index (κ3) is 3.42. The van der Waals surface area contributed by atoms with Crippen molar-refractivity contribution < 1.29 is 4.79 Å². The van der Waals surface area contributed by atoms with E-state index < -0.39 is 0 Å². The summed E-state index contributed by atoms with van der Waals surface area (Å²) in [6, 6.07) is 5.92. The van der Waals surface area contributed by atoms with Crippen LogP contribution in [-0.4, -0.2) is 47.0 Å². The number of anilines is 3. The van der Waals surface area contributed by atoms with Crippen molar-refractivity contribution in [2.75, 3.05) is 41.3 Å². The van der Waals surface area contributed by atoms with Gasteiger partial charge >= 0.3 is 0 Å². The maximum atomic E-state index is 11.8. The number of rotatable bonds is 4. The van der Waals surface area contributed by atoms with E-state index in [-0.39, 0.29) is 11.8 Å². The SMILES string of the molecule is N#Cc1nccnc1N1CCN(c2ccc(NC(=O)C3CC3)nc2)CC1. The Morgan fingerprint density at radius 1 is 1.08 bits per heavy atom. The van der Waals surface area contributed by atoms with E-state index >= 15 is 0 Å². The molecule has 2 aromatic heterocycles. The quantitative estimate of drug-likeness (QED) is 0.891. The Bertz CT molecular complexity index is 833. The molecule has 1 amide bonds. The summed E-state index contributed by atoms with van der Waals surface area (Å²) in [7, 11) is 0. The zero-order valence-electron chi connectivity index (χ0n) is 14.3. The maximum absolute atomic E-state index is 11.8. The lowest BCUT2D eigenvalue weighted by molar-refractivity contribution is -0.117. The number of nitriles is 1. The van der Waals surface area contributed by atoms with Crippen molar-refractivity contribution in [3.05, 3.63) is 36.4 Å². The van der Waals surface area contributed by atoms with Gasteiger partial charge in [0.05, 0.1) is 11.9 Å². The topological polar surface area (TPSA) is 98.0 Å². The molecule has 0 unspecified atom stereocenters. The number of hydrogen-bond donors (Lipinski definition) is 1. The number of pyridine rings is 1. The number of aromatic nitrogens is 3. The highest BCUT2D eigenvalue weighted by Crippen LogP contribution is 2.30. The first-order valence-electron chi connectivity index (χ1n) is 8.72. The van der Waals surface area contributed by atoms with Crippen molar-refractivity contribution >= 4 is 23.2 Å². The van der Waals surface area contributed by atoms with E-state index in [1.807, 2.05) is 12.1 Å². The van der Waals surface area contributed by atoms with Crippen LogP contribution < -0.4 is 15.1 Å². The smallest absolute Gasteiger partial charge is 0.228 e. The molecule has 0 atom stereocenters. The lowest BCUT2D eigenvalue weighted by Gasteiger charge is -2.36. The van der Waals surface area contributed by atoms with E-state index in [0.29, 0.717) is 17.3 Å². The van der Waals surface area contributed by atoms with Gasteiger partial charge in [-0.25, -0.2) is 15.0 Å².